The van der Waals surface area contributed by atoms with Crippen LogP contribution in [0.4, 0.5) is 0 Å². The summed E-state index contributed by atoms with van der Waals surface area (Å²) >= 11 is 3.06. The number of carbonyl (C=O) groups excluding carboxylic acids is 1. The second-order valence-corrected chi connectivity index (χ2v) is 6.00. The molecule has 0 amide bonds. The topological polar surface area (TPSA) is 39.2 Å². The number of carbonyl (C=O) groups is 1. The molecule has 3 nitrogen and oxygen atoms in total. The lowest BCUT2D eigenvalue weighted by molar-refractivity contribution is 0.102. The number of rotatable bonds is 6. The van der Waals surface area contributed by atoms with Crippen LogP contribution in [-0.2, 0) is 0 Å². The Kier molecular flexibility index (Phi) is 4.99. The van der Waals surface area contributed by atoms with Crippen molar-refractivity contribution < 1.29 is 9.53 Å². The molecule has 1 aromatic heterocycles. The van der Waals surface area contributed by atoms with Crippen molar-refractivity contribution in [3.8, 4) is 5.75 Å². The molecule has 0 saturated carbocycles. The Labute approximate surface area is 121 Å². The summed E-state index contributed by atoms with van der Waals surface area (Å²) in [5, 5.41) is 1.99. The largest absolute Gasteiger partial charge is 0.494 e. The molecule has 2 rings (SSSR count). The zero-order valence-corrected chi connectivity index (χ0v) is 12.5. The second kappa shape index (κ2) is 6.73. The van der Waals surface area contributed by atoms with Gasteiger partial charge in [-0.25, -0.2) is 4.98 Å². The lowest BCUT2D eigenvalue weighted by Gasteiger charge is -2.04. The molecule has 0 fully saturated rings. The van der Waals surface area contributed by atoms with Crippen LogP contribution in [0.1, 0.15) is 23.0 Å². The fraction of sp³-hybridized carbons (Fsp3) is 0.286. The fourth-order valence-electron chi connectivity index (χ4n) is 1.51. The van der Waals surface area contributed by atoms with Gasteiger partial charge < -0.3 is 4.74 Å². The van der Waals surface area contributed by atoms with Crippen molar-refractivity contribution in [1.82, 2.24) is 4.98 Å². The van der Waals surface area contributed by atoms with Gasteiger partial charge in [-0.3, -0.25) is 4.79 Å². The number of thiazole rings is 1. The van der Waals surface area contributed by atoms with Gasteiger partial charge in [-0.1, -0.05) is 11.8 Å². The molecule has 0 spiro atoms. The predicted molar refractivity (Wildman–Crippen MR) is 79.5 cm³/mol. The molecule has 1 aromatic carbocycles. The highest BCUT2D eigenvalue weighted by Crippen LogP contribution is 2.23. The quantitative estimate of drug-likeness (QED) is 0.599. The van der Waals surface area contributed by atoms with E-state index in [2.05, 4.69) is 4.98 Å². The lowest BCUT2D eigenvalue weighted by Crippen LogP contribution is -2.02. The molecule has 0 aliphatic carbocycles. The van der Waals surface area contributed by atoms with E-state index < -0.39 is 0 Å². The van der Waals surface area contributed by atoms with Gasteiger partial charge in [0.2, 0.25) is 0 Å². The van der Waals surface area contributed by atoms with E-state index in [1.54, 1.807) is 23.5 Å². The first-order chi connectivity index (χ1) is 9.19. The van der Waals surface area contributed by atoms with E-state index >= 15 is 0 Å². The van der Waals surface area contributed by atoms with Gasteiger partial charge in [-0.15, -0.1) is 11.3 Å². The molecule has 1 heterocycles. The van der Waals surface area contributed by atoms with Gasteiger partial charge in [0.15, 0.2) is 10.1 Å². The van der Waals surface area contributed by atoms with E-state index in [1.165, 1.54) is 11.8 Å². The van der Waals surface area contributed by atoms with Crippen LogP contribution in [-0.4, -0.2) is 23.1 Å². The summed E-state index contributed by atoms with van der Waals surface area (Å²) in [5.41, 5.74) is 1.71. The number of hydrogen-bond acceptors (Lipinski definition) is 5. The van der Waals surface area contributed by atoms with E-state index in [4.69, 9.17) is 4.74 Å². The smallest absolute Gasteiger partial charge is 0.173 e. The third kappa shape index (κ3) is 4.08. The zero-order chi connectivity index (χ0) is 13.7. The van der Waals surface area contributed by atoms with Crippen molar-refractivity contribution in [3.05, 3.63) is 40.9 Å². The minimum absolute atomic E-state index is 0.112. The van der Waals surface area contributed by atoms with Crippen molar-refractivity contribution in [3.63, 3.8) is 0 Å². The summed E-state index contributed by atoms with van der Waals surface area (Å²) in [6.07, 6.45) is 0. The van der Waals surface area contributed by atoms with Crippen LogP contribution in [0.15, 0.2) is 34.0 Å². The summed E-state index contributed by atoms with van der Waals surface area (Å²) in [6, 6.07) is 7.27. The SMILES string of the molecule is CCOc1ccc(C(=O)CSc2nc(C)cs2)cc1. The molecular formula is C14H15NO2S2. The van der Waals surface area contributed by atoms with Crippen molar-refractivity contribution in [2.24, 2.45) is 0 Å². The highest BCUT2D eigenvalue weighted by Gasteiger charge is 2.08. The molecule has 0 N–H and O–H groups in total. The first kappa shape index (κ1) is 14.1. The van der Waals surface area contributed by atoms with Crippen LogP contribution < -0.4 is 4.74 Å². The van der Waals surface area contributed by atoms with Gasteiger partial charge in [-0.05, 0) is 38.1 Å². The fourth-order valence-corrected chi connectivity index (χ4v) is 3.26. The van der Waals surface area contributed by atoms with Crippen LogP contribution in [0.5, 0.6) is 5.75 Å². The van der Waals surface area contributed by atoms with E-state index in [0.717, 1.165) is 15.8 Å². The molecule has 100 valence electrons. The van der Waals surface area contributed by atoms with Gasteiger partial charge in [0.1, 0.15) is 5.75 Å². The van der Waals surface area contributed by atoms with Crippen LogP contribution >= 0.6 is 23.1 Å². The average Bonchev–Trinajstić information content (AvgIpc) is 2.83. The van der Waals surface area contributed by atoms with Gasteiger partial charge >= 0.3 is 0 Å². The Hall–Kier alpha value is -1.33. The molecule has 5 heteroatoms. The summed E-state index contributed by atoms with van der Waals surface area (Å²) < 4.78 is 6.29. The maximum Gasteiger partial charge on any atom is 0.173 e. The van der Waals surface area contributed by atoms with Crippen molar-refractivity contribution in [2.45, 2.75) is 18.2 Å². The van der Waals surface area contributed by atoms with Gasteiger partial charge in [0.25, 0.3) is 0 Å². The molecule has 0 saturated heterocycles. The number of benzene rings is 1. The van der Waals surface area contributed by atoms with E-state index in [0.29, 0.717) is 17.9 Å². The van der Waals surface area contributed by atoms with Gasteiger partial charge in [-0.2, -0.15) is 0 Å². The standard InChI is InChI=1S/C14H15NO2S2/c1-3-17-12-6-4-11(5-7-12)13(16)9-19-14-15-10(2)8-18-14/h4-8H,3,9H2,1-2H3. The molecule has 0 aliphatic heterocycles. The normalized spacial score (nSPS) is 10.4. The maximum atomic E-state index is 12.0. The number of thioether (sulfide) groups is 1. The second-order valence-electron chi connectivity index (χ2n) is 3.92. The molecule has 19 heavy (non-hydrogen) atoms. The van der Waals surface area contributed by atoms with Crippen LogP contribution in [0.3, 0.4) is 0 Å². The van der Waals surface area contributed by atoms with E-state index in [1.807, 2.05) is 31.4 Å². The minimum Gasteiger partial charge on any atom is -0.494 e. The number of nitrogens with zero attached hydrogens (tertiary/aromatic N) is 1. The monoisotopic (exact) mass is 293 g/mol. The van der Waals surface area contributed by atoms with Crippen molar-refractivity contribution >= 4 is 28.9 Å². The Morgan fingerprint density at radius 2 is 2.11 bits per heavy atom. The summed E-state index contributed by atoms with van der Waals surface area (Å²) in [5.74, 6) is 1.32. The van der Waals surface area contributed by atoms with Crippen molar-refractivity contribution in [1.29, 1.82) is 0 Å². The molecule has 2 aromatic rings. The molecule has 0 atom stereocenters. The summed E-state index contributed by atoms with van der Waals surface area (Å²) in [7, 11) is 0. The molecule has 0 aliphatic rings. The highest BCUT2D eigenvalue weighted by molar-refractivity contribution is 8.01. The molecule has 0 radical (unpaired) electrons. The van der Waals surface area contributed by atoms with Crippen LogP contribution in [0.25, 0.3) is 0 Å². The Balaban J connectivity index is 1.92. The first-order valence-corrected chi connectivity index (χ1v) is 7.86. The lowest BCUT2D eigenvalue weighted by atomic mass is 10.1. The predicted octanol–water partition coefficient (Wildman–Crippen LogP) is 3.83. The number of aryl methyl sites for hydroxylation is 1. The average molecular weight is 293 g/mol. The highest BCUT2D eigenvalue weighted by atomic mass is 32.2. The number of hydrogen-bond donors (Lipinski definition) is 0. The molecular weight excluding hydrogens is 278 g/mol. The number of ketones is 1. The maximum absolute atomic E-state index is 12.0. The Morgan fingerprint density at radius 3 is 2.68 bits per heavy atom. The van der Waals surface area contributed by atoms with Gasteiger partial charge in [0, 0.05) is 16.6 Å². The van der Waals surface area contributed by atoms with Gasteiger partial charge in [0.05, 0.1) is 12.4 Å². The van der Waals surface area contributed by atoms with E-state index in [-0.39, 0.29) is 5.78 Å². The number of aromatic nitrogens is 1. The number of ether oxygens (including phenoxy) is 1. The third-order valence-electron chi connectivity index (χ3n) is 2.41. The summed E-state index contributed by atoms with van der Waals surface area (Å²) in [4.78, 5) is 16.3. The third-order valence-corrected chi connectivity index (χ3v) is 4.55. The first-order valence-electron chi connectivity index (χ1n) is 6.00. The van der Waals surface area contributed by atoms with E-state index in [9.17, 15) is 4.79 Å². The Bertz CT molecular complexity index is 549. The Morgan fingerprint density at radius 1 is 1.37 bits per heavy atom. The van der Waals surface area contributed by atoms with Crippen LogP contribution in [0, 0.1) is 6.92 Å². The molecule has 0 bridgehead atoms. The van der Waals surface area contributed by atoms with Crippen LogP contribution in [0.2, 0.25) is 0 Å². The molecule has 0 unspecified atom stereocenters. The minimum atomic E-state index is 0.112. The zero-order valence-electron chi connectivity index (χ0n) is 10.9. The number of Topliss-reactive ketones (excluding diaryl/α,β-unsaturated/α-hetero) is 1. The summed E-state index contributed by atoms with van der Waals surface area (Å²) in [6.45, 7) is 4.52. The van der Waals surface area contributed by atoms with Crippen molar-refractivity contribution in [2.75, 3.05) is 12.4 Å².